The first-order valence-electron chi connectivity index (χ1n) is 6.67. The van der Waals surface area contributed by atoms with Crippen molar-refractivity contribution in [2.75, 3.05) is 6.54 Å². The molecule has 2 aromatic rings. The monoisotopic (exact) mass is 275 g/mol. The number of hydrogen-bond acceptors (Lipinski definition) is 4. The Bertz CT molecular complexity index is 546. The minimum absolute atomic E-state index is 0.659. The fourth-order valence-electron chi connectivity index (χ4n) is 1.96. The lowest BCUT2D eigenvalue weighted by molar-refractivity contribution is 0.550. The van der Waals surface area contributed by atoms with Gasteiger partial charge in [-0.2, -0.15) is 0 Å². The molecule has 0 radical (unpaired) electrons. The normalized spacial score (nSPS) is 11.2. The standard InChI is InChI=1S/C15H21N3S/c1-10(2)8-16-9-14-17-18-15(19-14)13-6-5-11(3)7-12(13)4/h5-7,10,16H,8-9H2,1-4H3. The molecule has 0 amide bonds. The number of nitrogens with zero attached hydrogens (tertiary/aromatic N) is 2. The lowest BCUT2D eigenvalue weighted by atomic mass is 10.1. The summed E-state index contributed by atoms with van der Waals surface area (Å²) >= 11 is 1.67. The molecule has 0 saturated carbocycles. The molecule has 0 aliphatic rings. The number of hydrogen-bond donors (Lipinski definition) is 1. The van der Waals surface area contributed by atoms with Crippen LogP contribution in [0, 0.1) is 19.8 Å². The maximum Gasteiger partial charge on any atom is 0.148 e. The summed E-state index contributed by atoms with van der Waals surface area (Å²) in [5, 5.41) is 14.0. The summed E-state index contributed by atoms with van der Waals surface area (Å²) in [6, 6.07) is 6.45. The van der Waals surface area contributed by atoms with Crippen molar-refractivity contribution in [3.8, 4) is 10.6 Å². The summed E-state index contributed by atoms with van der Waals surface area (Å²) in [5.41, 5.74) is 3.74. The molecule has 2 rings (SSSR count). The van der Waals surface area contributed by atoms with E-state index in [-0.39, 0.29) is 0 Å². The van der Waals surface area contributed by atoms with E-state index >= 15 is 0 Å². The van der Waals surface area contributed by atoms with E-state index in [1.807, 2.05) is 0 Å². The van der Waals surface area contributed by atoms with Crippen molar-refractivity contribution in [3.05, 3.63) is 34.3 Å². The fourth-order valence-corrected chi connectivity index (χ4v) is 2.85. The van der Waals surface area contributed by atoms with E-state index in [0.717, 1.165) is 23.1 Å². The maximum absolute atomic E-state index is 4.30. The van der Waals surface area contributed by atoms with E-state index in [0.29, 0.717) is 5.92 Å². The molecule has 0 bridgehead atoms. The highest BCUT2D eigenvalue weighted by atomic mass is 32.1. The lowest BCUT2D eigenvalue weighted by Gasteiger charge is -2.04. The van der Waals surface area contributed by atoms with Crippen LogP contribution < -0.4 is 5.32 Å². The molecular formula is C15H21N3S. The number of aromatic nitrogens is 2. The van der Waals surface area contributed by atoms with Crippen molar-refractivity contribution in [3.63, 3.8) is 0 Å². The summed E-state index contributed by atoms with van der Waals surface area (Å²) in [5.74, 6) is 0.659. The third kappa shape index (κ3) is 3.85. The third-order valence-electron chi connectivity index (χ3n) is 2.91. The molecule has 0 saturated heterocycles. The van der Waals surface area contributed by atoms with Gasteiger partial charge in [0.2, 0.25) is 0 Å². The topological polar surface area (TPSA) is 37.8 Å². The Morgan fingerprint density at radius 1 is 1.21 bits per heavy atom. The largest absolute Gasteiger partial charge is 0.310 e. The van der Waals surface area contributed by atoms with E-state index in [2.05, 4.69) is 61.4 Å². The Hall–Kier alpha value is -1.26. The molecule has 1 aromatic heterocycles. The molecule has 0 aliphatic heterocycles. The molecule has 102 valence electrons. The van der Waals surface area contributed by atoms with Crippen LogP contribution in [0.15, 0.2) is 18.2 Å². The van der Waals surface area contributed by atoms with Gasteiger partial charge in [0.15, 0.2) is 0 Å². The van der Waals surface area contributed by atoms with E-state index < -0.39 is 0 Å². The summed E-state index contributed by atoms with van der Waals surface area (Å²) in [6.07, 6.45) is 0. The second kappa shape index (κ2) is 6.26. The second-order valence-corrected chi connectivity index (χ2v) is 6.41. The van der Waals surface area contributed by atoms with Gasteiger partial charge in [-0.25, -0.2) is 0 Å². The zero-order chi connectivity index (χ0) is 13.8. The maximum atomic E-state index is 4.30. The summed E-state index contributed by atoms with van der Waals surface area (Å²) in [7, 11) is 0. The highest BCUT2D eigenvalue weighted by Gasteiger charge is 2.09. The molecular weight excluding hydrogens is 254 g/mol. The highest BCUT2D eigenvalue weighted by Crippen LogP contribution is 2.27. The van der Waals surface area contributed by atoms with Gasteiger partial charge in [-0.05, 0) is 31.9 Å². The van der Waals surface area contributed by atoms with Gasteiger partial charge in [0, 0.05) is 12.1 Å². The van der Waals surface area contributed by atoms with Crippen molar-refractivity contribution < 1.29 is 0 Å². The molecule has 0 fully saturated rings. The Labute approximate surface area is 119 Å². The molecule has 0 aliphatic carbocycles. The van der Waals surface area contributed by atoms with Crippen LogP contribution in [0.2, 0.25) is 0 Å². The Morgan fingerprint density at radius 2 is 2.00 bits per heavy atom. The number of benzene rings is 1. The predicted octanol–water partition coefficient (Wildman–Crippen LogP) is 3.57. The van der Waals surface area contributed by atoms with E-state index in [9.17, 15) is 0 Å². The van der Waals surface area contributed by atoms with Gasteiger partial charge >= 0.3 is 0 Å². The second-order valence-electron chi connectivity index (χ2n) is 5.34. The average Bonchev–Trinajstić information content (AvgIpc) is 2.77. The summed E-state index contributed by atoms with van der Waals surface area (Å²) < 4.78 is 0. The van der Waals surface area contributed by atoms with Crippen molar-refractivity contribution in [2.24, 2.45) is 5.92 Å². The van der Waals surface area contributed by atoms with Gasteiger partial charge in [-0.1, -0.05) is 48.9 Å². The van der Waals surface area contributed by atoms with Crippen LogP contribution in [-0.4, -0.2) is 16.7 Å². The highest BCUT2D eigenvalue weighted by molar-refractivity contribution is 7.14. The lowest BCUT2D eigenvalue weighted by Crippen LogP contribution is -2.18. The smallest absolute Gasteiger partial charge is 0.148 e. The molecule has 4 heteroatoms. The molecule has 1 aromatic carbocycles. The zero-order valence-corrected chi connectivity index (χ0v) is 12.8. The average molecular weight is 275 g/mol. The van der Waals surface area contributed by atoms with Crippen LogP contribution in [0.5, 0.6) is 0 Å². The minimum atomic E-state index is 0.659. The van der Waals surface area contributed by atoms with Gasteiger partial charge in [-0.15, -0.1) is 10.2 Å². The van der Waals surface area contributed by atoms with Gasteiger partial charge in [0.1, 0.15) is 10.0 Å². The first-order valence-corrected chi connectivity index (χ1v) is 7.48. The van der Waals surface area contributed by atoms with Crippen LogP contribution in [-0.2, 0) is 6.54 Å². The van der Waals surface area contributed by atoms with Crippen molar-refractivity contribution in [1.82, 2.24) is 15.5 Å². The van der Waals surface area contributed by atoms with Crippen molar-refractivity contribution in [1.29, 1.82) is 0 Å². The minimum Gasteiger partial charge on any atom is -0.310 e. The van der Waals surface area contributed by atoms with Crippen molar-refractivity contribution >= 4 is 11.3 Å². The molecule has 3 nitrogen and oxygen atoms in total. The summed E-state index contributed by atoms with van der Waals surface area (Å²) in [6.45, 7) is 10.5. The van der Waals surface area contributed by atoms with E-state index in [1.165, 1.54) is 16.7 Å². The molecule has 1 N–H and O–H groups in total. The summed E-state index contributed by atoms with van der Waals surface area (Å²) in [4.78, 5) is 0. The number of aryl methyl sites for hydroxylation is 2. The Kier molecular flexibility index (Phi) is 4.66. The zero-order valence-electron chi connectivity index (χ0n) is 12.0. The van der Waals surface area contributed by atoms with Gasteiger partial charge < -0.3 is 5.32 Å². The number of rotatable bonds is 5. The first-order chi connectivity index (χ1) is 9.06. The molecule has 0 unspecified atom stereocenters. The van der Waals surface area contributed by atoms with E-state index in [4.69, 9.17) is 0 Å². The van der Waals surface area contributed by atoms with Crippen LogP contribution in [0.4, 0.5) is 0 Å². The van der Waals surface area contributed by atoms with Crippen LogP contribution in [0.1, 0.15) is 30.0 Å². The van der Waals surface area contributed by atoms with Crippen LogP contribution >= 0.6 is 11.3 Å². The van der Waals surface area contributed by atoms with Gasteiger partial charge in [0.05, 0.1) is 0 Å². The molecule has 0 spiro atoms. The SMILES string of the molecule is Cc1ccc(-c2nnc(CNCC(C)C)s2)c(C)c1. The van der Waals surface area contributed by atoms with Crippen LogP contribution in [0.3, 0.4) is 0 Å². The first kappa shape index (κ1) is 14.2. The number of nitrogens with one attached hydrogen (secondary N) is 1. The molecule has 1 heterocycles. The fraction of sp³-hybridized carbons (Fsp3) is 0.467. The van der Waals surface area contributed by atoms with Crippen LogP contribution in [0.25, 0.3) is 10.6 Å². The quantitative estimate of drug-likeness (QED) is 0.906. The van der Waals surface area contributed by atoms with E-state index in [1.54, 1.807) is 11.3 Å². The van der Waals surface area contributed by atoms with Crippen molar-refractivity contribution in [2.45, 2.75) is 34.2 Å². The Balaban J connectivity index is 2.08. The van der Waals surface area contributed by atoms with Gasteiger partial charge in [-0.3, -0.25) is 0 Å². The van der Waals surface area contributed by atoms with Gasteiger partial charge in [0.25, 0.3) is 0 Å². The molecule has 19 heavy (non-hydrogen) atoms. The molecule has 0 atom stereocenters. The third-order valence-corrected chi connectivity index (χ3v) is 3.86. The Morgan fingerprint density at radius 3 is 2.68 bits per heavy atom. The predicted molar refractivity (Wildman–Crippen MR) is 81.4 cm³/mol.